The van der Waals surface area contributed by atoms with Crippen LogP contribution in [0, 0.1) is 10.1 Å². The molecular weight excluding hydrogens is 313 g/mol. The maximum absolute atomic E-state index is 11.4. The summed E-state index contributed by atoms with van der Waals surface area (Å²) in [5.74, 6) is -1.53. The lowest BCUT2D eigenvalue weighted by Gasteiger charge is -2.04. The standard InChI is InChI=1S/C10H5Cl2N3O5/c11-4-1-3(6(15(19)20)2-5(4)12)8-7(10(17)18)9(16)14-13-8/h1-2H,(H,17,18)(H2,13,14,16). The van der Waals surface area contributed by atoms with Crippen molar-refractivity contribution in [3.63, 3.8) is 0 Å². The fourth-order valence-electron chi connectivity index (χ4n) is 1.65. The lowest BCUT2D eigenvalue weighted by molar-refractivity contribution is -0.384. The van der Waals surface area contributed by atoms with Gasteiger partial charge < -0.3 is 5.11 Å². The zero-order valence-electron chi connectivity index (χ0n) is 9.44. The normalized spacial score (nSPS) is 10.5. The van der Waals surface area contributed by atoms with Crippen molar-refractivity contribution >= 4 is 34.9 Å². The summed E-state index contributed by atoms with van der Waals surface area (Å²) >= 11 is 11.5. The lowest BCUT2D eigenvalue weighted by Crippen LogP contribution is -2.12. The van der Waals surface area contributed by atoms with Crippen LogP contribution in [0.25, 0.3) is 11.3 Å². The molecule has 0 amide bonds. The zero-order chi connectivity index (χ0) is 15.0. The first-order valence-corrected chi connectivity index (χ1v) is 5.76. The predicted molar refractivity (Wildman–Crippen MR) is 70.5 cm³/mol. The molecular formula is C10H5Cl2N3O5. The lowest BCUT2D eigenvalue weighted by atomic mass is 10.1. The highest BCUT2D eigenvalue weighted by Gasteiger charge is 2.26. The van der Waals surface area contributed by atoms with E-state index >= 15 is 0 Å². The van der Waals surface area contributed by atoms with Gasteiger partial charge in [0.15, 0.2) is 5.56 Å². The maximum Gasteiger partial charge on any atom is 0.343 e. The van der Waals surface area contributed by atoms with E-state index in [1.165, 1.54) is 0 Å². The number of aromatic carboxylic acids is 1. The van der Waals surface area contributed by atoms with Crippen LogP contribution in [0.15, 0.2) is 16.9 Å². The number of nitro benzene ring substituents is 1. The fourth-order valence-corrected chi connectivity index (χ4v) is 1.97. The summed E-state index contributed by atoms with van der Waals surface area (Å²) in [7, 11) is 0. The topological polar surface area (TPSA) is 129 Å². The Labute approximate surface area is 120 Å². The Morgan fingerprint density at radius 3 is 2.40 bits per heavy atom. The average Bonchev–Trinajstić information content (AvgIpc) is 2.73. The van der Waals surface area contributed by atoms with Crippen LogP contribution in [0.5, 0.6) is 0 Å². The summed E-state index contributed by atoms with van der Waals surface area (Å²) in [5.41, 5.74) is -2.43. The number of carbonyl (C=O) groups is 1. The van der Waals surface area contributed by atoms with Crippen LogP contribution in [0.2, 0.25) is 10.0 Å². The third kappa shape index (κ3) is 2.26. The minimum atomic E-state index is -1.53. The molecule has 104 valence electrons. The molecule has 0 bridgehead atoms. The number of rotatable bonds is 3. The number of nitro groups is 1. The molecule has 3 N–H and O–H groups in total. The van der Waals surface area contributed by atoms with E-state index in [2.05, 4.69) is 10.2 Å². The van der Waals surface area contributed by atoms with Crippen LogP contribution in [0.1, 0.15) is 10.4 Å². The summed E-state index contributed by atoms with van der Waals surface area (Å²) in [6.45, 7) is 0. The van der Waals surface area contributed by atoms with Crippen molar-refractivity contribution in [2.45, 2.75) is 0 Å². The molecule has 20 heavy (non-hydrogen) atoms. The molecule has 0 aliphatic heterocycles. The molecule has 0 radical (unpaired) electrons. The first-order valence-electron chi connectivity index (χ1n) is 5.00. The molecule has 10 heteroatoms. The second-order valence-electron chi connectivity index (χ2n) is 3.67. The van der Waals surface area contributed by atoms with E-state index in [-0.39, 0.29) is 21.3 Å². The quantitative estimate of drug-likeness (QED) is 0.590. The number of hydrogen-bond donors (Lipinski definition) is 3. The smallest absolute Gasteiger partial charge is 0.343 e. The van der Waals surface area contributed by atoms with Crippen LogP contribution >= 0.6 is 23.2 Å². The van der Waals surface area contributed by atoms with Gasteiger partial charge in [-0.05, 0) is 6.07 Å². The number of aromatic nitrogens is 2. The Morgan fingerprint density at radius 1 is 1.25 bits per heavy atom. The van der Waals surface area contributed by atoms with Gasteiger partial charge in [-0.2, -0.15) is 0 Å². The van der Waals surface area contributed by atoms with Gasteiger partial charge in [-0.3, -0.25) is 25.1 Å². The second kappa shape index (κ2) is 4.99. The second-order valence-corrected chi connectivity index (χ2v) is 4.49. The van der Waals surface area contributed by atoms with Crippen LogP contribution in [0.4, 0.5) is 5.69 Å². The van der Waals surface area contributed by atoms with E-state index in [9.17, 15) is 19.7 Å². The Balaban J connectivity index is 2.82. The summed E-state index contributed by atoms with van der Waals surface area (Å²) in [4.78, 5) is 32.7. The van der Waals surface area contributed by atoms with Gasteiger partial charge in [0.2, 0.25) is 0 Å². The third-order valence-corrected chi connectivity index (χ3v) is 3.22. The van der Waals surface area contributed by atoms with E-state index in [1.807, 2.05) is 0 Å². The number of aromatic amines is 2. The first kappa shape index (κ1) is 14.1. The summed E-state index contributed by atoms with van der Waals surface area (Å²) in [6.07, 6.45) is 0. The van der Waals surface area contributed by atoms with Crippen LogP contribution in [-0.2, 0) is 0 Å². The van der Waals surface area contributed by atoms with Gasteiger partial charge in [0.1, 0.15) is 0 Å². The van der Waals surface area contributed by atoms with Gasteiger partial charge in [-0.25, -0.2) is 4.79 Å². The molecule has 1 aromatic carbocycles. The molecule has 0 fully saturated rings. The molecule has 0 saturated carbocycles. The van der Waals surface area contributed by atoms with Crippen molar-refractivity contribution in [3.05, 3.63) is 48.2 Å². The highest BCUT2D eigenvalue weighted by molar-refractivity contribution is 6.42. The number of hydrogen-bond acceptors (Lipinski definition) is 4. The van der Waals surface area contributed by atoms with E-state index in [4.69, 9.17) is 28.3 Å². The van der Waals surface area contributed by atoms with Crippen molar-refractivity contribution in [2.75, 3.05) is 0 Å². The largest absolute Gasteiger partial charge is 0.477 e. The van der Waals surface area contributed by atoms with E-state index in [0.29, 0.717) is 0 Å². The Morgan fingerprint density at radius 2 is 1.85 bits per heavy atom. The van der Waals surface area contributed by atoms with Crippen molar-refractivity contribution in [2.24, 2.45) is 0 Å². The number of carboxylic acid groups (broad SMARTS) is 1. The number of carboxylic acids is 1. The number of nitrogens with zero attached hydrogens (tertiary/aromatic N) is 1. The first-order chi connectivity index (χ1) is 9.32. The van der Waals surface area contributed by atoms with Gasteiger partial charge in [-0.15, -0.1) is 0 Å². The fraction of sp³-hybridized carbons (Fsp3) is 0. The summed E-state index contributed by atoms with van der Waals surface area (Å²) in [5, 5.41) is 24.3. The number of H-pyrrole nitrogens is 2. The summed E-state index contributed by atoms with van der Waals surface area (Å²) in [6, 6.07) is 2.10. The average molecular weight is 318 g/mol. The van der Waals surface area contributed by atoms with Crippen molar-refractivity contribution in [1.29, 1.82) is 0 Å². The van der Waals surface area contributed by atoms with E-state index in [1.54, 1.807) is 0 Å². The monoisotopic (exact) mass is 317 g/mol. The molecule has 1 aromatic heterocycles. The van der Waals surface area contributed by atoms with Crippen LogP contribution < -0.4 is 5.56 Å². The van der Waals surface area contributed by atoms with Gasteiger partial charge in [-0.1, -0.05) is 23.2 Å². The highest BCUT2D eigenvalue weighted by Crippen LogP contribution is 2.36. The minimum absolute atomic E-state index is 0.00865. The number of benzene rings is 1. The van der Waals surface area contributed by atoms with Gasteiger partial charge in [0.25, 0.3) is 11.2 Å². The Hall–Kier alpha value is -2.32. The maximum atomic E-state index is 11.4. The molecule has 0 unspecified atom stereocenters. The molecule has 2 aromatic rings. The van der Waals surface area contributed by atoms with Crippen molar-refractivity contribution in [1.82, 2.24) is 10.2 Å². The predicted octanol–water partition coefficient (Wildman–Crippen LogP) is 2.28. The van der Waals surface area contributed by atoms with Crippen molar-refractivity contribution in [3.8, 4) is 11.3 Å². The minimum Gasteiger partial charge on any atom is -0.477 e. The Bertz CT molecular complexity index is 780. The molecule has 8 nitrogen and oxygen atoms in total. The highest BCUT2D eigenvalue weighted by atomic mass is 35.5. The van der Waals surface area contributed by atoms with Crippen LogP contribution in [-0.4, -0.2) is 26.2 Å². The molecule has 0 saturated heterocycles. The molecule has 2 rings (SSSR count). The van der Waals surface area contributed by atoms with Gasteiger partial charge in [0, 0.05) is 6.07 Å². The van der Waals surface area contributed by atoms with E-state index < -0.39 is 27.7 Å². The zero-order valence-corrected chi connectivity index (χ0v) is 10.9. The number of halogens is 2. The molecule has 0 aliphatic rings. The SMILES string of the molecule is O=C(O)c1c(-c2cc(Cl)c(Cl)cc2[N+](=O)[O-])[nH][nH]c1=O. The number of nitrogens with one attached hydrogen (secondary N) is 2. The van der Waals surface area contributed by atoms with Crippen LogP contribution in [0.3, 0.4) is 0 Å². The molecule has 0 aliphatic carbocycles. The molecule has 0 spiro atoms. The third-order valence-electron chi connectivity index (χ3n) is 2.50. The Kier molecular flexibility index (Phi) is 3.51. The van der Waals surface area contributed by atoms with Gasteiger partial charge in [0.05, 0.1) is 26.2 Å². The molecule has 0 atom stereocenters. The van der Waals surface area contributed by atoms with E-state index in [0.717, 1.165) is 12.1 Å². The van der Waals surface area contributed by atoms with Crippen molar-refractivity contribution < 1.29 is 14.8 Å². The van der Waals surface area contributed by atoms with Gasteiger partial charge >= 0.3 is 5.97 Å². The summed E-state index contributed by atoms with van der Waals surface area (Å²) < 4.78 is 0. The molecule has 1 heterocycles.